The van der Waals surface area contributed by atoms with Crippen LogP contribution in [-0.4, -0.2) is 31.9 Å². The molecule has 0 fully saturated rings. The Balaban J connectivity index is 1.67. The van der Waals surface area contributed by atoms with Crippen LogP contribution in [0, 0.1) is 11.8 Å². The molecule has 0 saturated carbocycles. The number of carbonyl (C=O) groups is 3. The quantitative estimate of drug-likeness (QED) is 0.490. The molecule has 0 bridgehead atoms. The zero-order valence-electron chi connectivity index (χ0n) is 19.5. The van der Waals surface area contributed by atoms with E-state index in [4.69, 9.17) is 14.2 Å². The van der Waals surface area contributed by atoms with Crippen molar-refractivity contribution in [3.8, 4) is 5.75 Å². The highest BCUT2D eigenvalue weighted by Gasteiger charge is 2.47. The average molecular weight is 482 g/mol. The van der Waals surface area contributed by atoms with Crippen molar-refractivity contribution in [2.45, 2.75) is 32.8 Å². The Hall–Kier alpha value is -3.39. The van der Waals surface area contributed by atoms with Gasteiger partial charge >= 0.3 is 11.9 Å². The Labute approximate surface area is 202 Å². The highest BCUT2D eigenvalue weighted by molar-refractivity contribution is 7.10. The molecule has 1 aliphatic heterocycles. The average Bonchev–Trinajstić information content (AvgIpc) is 3.36. The Morgan fingerprint density at radius 1 is 1.15 bits per heavy atom. The number of esters is 2. The van der Waals surface area contributed by atoms with E-state index in [1.54, 1.807) is 19.2 Å². The van der Waals surface area contributed by atoms with Crippen molar-refractivity contribution in [3.05, 3.63) is 74.8 Å². The Morgan fingerprint density at radius 3 is 2.50 bits per heavy atom. The molecule has 8 heteroatoms. The summed E-state index contributed by atoms with van der Waals surface area (Å²) < 4.78 is 15.8. The summed E-state index contributed by atoms with van der Waals surface area (Å²) in [5, 5.41) is 5.17. The molecule has 1 aliphatic carbocycles. The summed E-state index contributed by atoms with van der Waals surface area (Å²) in [4.78, 5) is 40.3. The maximum atomic E-state index is 13.6. The van der Waals surface area contributed by atoms with Crippen molar-refractivity contribution in [3.63, 3.8) is 0 Å². The second-order valence-corrected chi connectivity index (χ2v) is 9.45. The van der Waals surface area contributed by atoms with Gasteiger partial charge in [0.1, 0.15) is 18.3 Å². The van der Waals surface area contributed by atoms with Crippen LogP contribution in [0.1, 0.15) is 36.6 Å². The first-order valence-electron chi connectivity index (χ1n) is 11.0. The smallest absolute Gasteiger partial charge is 0.337 e. The fraction of sp³-hybridized carbons (Fsp3) is 0.346. The number of benzene rings is 1. The van der Waals surface area contributed by atoms with E-state index < -0.39 is 23.8 Å². The van der Waals surface area contributed by atoms with Crippen molar-refractivity contribution in [2.24, 2.45) is 11.8 Å². The number of hydrogen-bond donors (Lipinski definition) is 1. The molecule has 1 aromatic carbocycles. The number of thiophene rings is 1. The van der Waals surface area contributed by atoms with Crippen LogP contribution in [0.15, 0.2) is 64.3 Å². The largest absolute Gasteiger partial charge is 0.497 e. The summed E-state index contributed by atoms with van der Waals surface area (Å²) in [7, 11) is 2.88. The number of dihydropyridines is 1. The molecule has 1 N–H and O–H groups in total. The fourth-order valence-corrected chi connectivity index (χ4v) is 5.48. The minimum atomic E-state index is -0.900. The fourth-order valence-electron chi connectivity index (χ4n) is 4.64. The molecule has 0 radical (unpaired) electrons. The van der Waals surface area contributed by atoms with Crippen molar-refractivity contribution >= 4 is 29.1 Å². The zero-order chi connectivity index (χ0) is 24.4. The van der Waals surface area contributed by atoms with E-state index >= 15 is 0 Å². The first-order valence-corrected chi connectivity index (χ1v) is 11.9. The number of nitrogens with one attached hydrogen (secondary N) is 1. The normalized spacial score (nSPS) is 22.1. The lowest BCUT2D eigenvalue weighted by molar-refractivity contribution is -0.151. The molecule has 1 aromatic heterocycles. The summed E-state index contributed by atoms with van der Waals surface area (Å²) >= 11 is 1.46. The number of allylic oxidation sites excluding steroid dienone is 3. The highest BCUT2D eigenvalue weighted by atomic mass is 32.1. The van der Waals surface area contributed by atoms with Crippen LogP contribution in [0.25, 0.3) is 0 Å². The molecule has 7 nitrogen and oxygen atoms in total. The lowest BCUT2D eigenvalue weighted by Crippen LogP contribution is -2.43. The molecular weight excluding hydrogens is 454 g/mol. The molecule has 4 rings (SSSR count). The molecule has 0 spiro atoms. The van der Waals surface area contributed by atoms with E-state index in [-0.39, 0.29) is 18.3 Å². The van der Waals surface area contributed by atoms with Gasteiger partial charge in [-0.3, -0.25) is 9.59 Å². The minimum Gasteiger partial charge on any atom is -0.497 e. The van der Waals surface area contributed by atoms with Crippen molar-refractivity contribution in [1.82, 2.24) is 5.32 Å². The van der Waals surface area contributed by atoms with Gasteiger partial charge in [-0.1, -0.05) is 25.1 Å². The molecule has 3 atom stereocenters. The van der Waals surface area contributed by atoms with Crippen molar-refractivity contribution < 1.29 is 28.6 Å². The van der Waals surface area contributed by atoms with Gasteiger partial charge in [0.25, 0.3) is 0 Å². The van der Waals surface area contributed by atoms with Gasteiger partial charge in [-0.25, -0.2) is 4.79 Å². The van der Waals surface area contributed by atoms with E-state index in [2.05, 4.69) is 5.32 Å². The van der Waals surface area contributed by atoms with Crippen LogP contribution in [0.4, 0.5) is 0 Å². The van der Waals surface area contributed by atoms with E-state index in [1.807, 2.05) is 43.5 Å². The molecular formula is C26H27NO6S. The van der Waals surface area contributed by atoms with Gasteiger partial charge in [-0.15, -0.1) is 11.3 Å². The van der Waals surface area contributed by atoms with E-state index in [0.29, 0.717) is 29.0 Å². The van der Waals surface area contributed by atoms with Crippen LogP contribution in [-0.2, 0) is 30.5 Å². The van der Waals surface area contributed by atoms with Gasteiger partial charge in [-0.05, 0) is 48.4 Å². The monoisotopic (exact) mass is 481 g/mol. The van der Waals surface area contributed by atoms with Crippen molar-refractivity contribution in [1.29, 1.82) is 0 Å². The van der Waals surface area contributed by atoms with E-state index in [0.717, 1.165) is 16.1 Å². The van der Waals surface area contributed by atoms with Gasteiger partial charge in [-0.2, -0.15) is 0 Å². The molecule has 34 heavy (non-hydrogen) atoms. The van der Waals surface area contributed by atoms with Gasteiger partial charge in [0.2, 0.25) is 0 Å². The summed E-state index contributed by atoms with van der Waals surface area (Å²) in [5.74, 6) is -2.37. The van der Waals surface area contributed by atoms with E-state index in [1.165, 1.54) is 18.4 Å². The Bertz CT molecular complexity index is 1160. The maximum absolute atomic E-state index is 13.6. The van der Waals surface area contributed by atoms with E-state index in [9.17, 15) is 14.4 Å². The highest BCUT2D eigenvalue weighted by Crippen LogP contribution is 2.46. The number of hydrogen-bond acceptors (Lipinski definition) is 8. The predicted octanol–water partition coefficient (Wildman–Crippen LogP) is 4.11. The van der Waals surface area contributed by atoms with Crippen molar-refractivity contribution in [2.75, 3.05) is 14.2 Å². The summed E-state index contributed by atoms with van der Waals surface area (Å²) in [6, 6.07) is 11.0. The molecule has 0 saturated heterocycles. The zero-order valence-corrected chi connectivity index (χ0v) is 20.4. The second-order valence-electron chi connectivity index (χ2n) is 8.48. The first-order chi connectivity index (χ1) is 16.3. The standard InChI is InChI=1S/C26H27NO6S/c1-14-12-18-22(24(28)20(14)25(29)32-4)23(19-6-5-11-34-19)21(15(2)27-18)26(30)33-13-16-7-9-17(31-3)10-8-16/h5-11,14,20,23,27H,12-13H2,1-4H3/t14-,20+,23+/m0/s1. The summed E-state index contributed by atoms with van der Waals surface area (Å²) in [6.45, 7) is 3.76. The van der Waals surface area contributed by atoms with Gasteiger partial charge in [0.15, 0.2) is 5.78 Å². The third kappa shape index (κ3) is 4.37. The van der Waals surface area contributed by atoms with Gasteiger partial charge in [0, 0.05) is 21.8 Å². The number of ether oxygens (including phenoxy) is 3. The number of Topliss-reactive ketones (excluding diaryl/α,β-unsaturated/α-hetero) is 1. The third-order valence-corrected chi connectivity index (χ3v) is 7.26. The lowest BCUT2D eigenvalue weighted by Gasteiger charge is -2.37. The second kappa shape index (κ2) is 9.85. The minimum absolute atomic E-state index is 0.0818. The van der Waals surface area contributed by atoms with Crippen LogP contribution in [0.2, 0.25) is 0 Å². The predicted molar refractivity (Wildman–Crippen MR) is 127 cm³/mol. The molecule has 2 aliphatic rings. The summed E-state index contributed by atoms with van der Waals surface area (Å²) in [6.07, 6.45) is 0.508. The van der Waals surface area contributed by atoms with Gasteiger partial charge < -0.3 is 19.5 Å². The molecule has 0 unspecified atom stereocenters. The Morgan fingerprint density at radius 2 is 1.88 bits per heavy atom. The first kappa shape index (κ1) is 23.8. The number of methoxy groups -OCH3 is 2. The lowest BCUT2D eigenvalue weighted by atomic mass is 9.70. The van der Waals surface area contributed by atoms with Crippen LogP contribution >= 0.6 is 11.3 Å². The molecule has 178 valence electrons. The number of carbonyl (C=O) groups excluding carboxylic acids is 3. The SMILES string of the molecule is COC(=O)[C@H]1C(=O)C2=C(C[C@@H]1C)NC(C)=C(C(=O)OCc1ccc(OC)cc1)[C@H]2c1cccs1. The number of rotatable bonds is 6. The number of ketones is 1. The third-order valence-electron chi connectivity index (χ3n) is 6.32. The van der Waals surface area contributed by atoms with Gasteiger partial charge in [0.05, 0.1) is 25.7 Å². The molecule has 2 aromatic rings. The van der Waals surface area contributed by atoms with Crippen LogP contribution in [0.3, 0.4) is 0 Å². The topological polar surface area (TPSA) is 90.9 Å². The van der Waals surface area contributed by atoms with Crippen LogP contribution < -0.4 is 10.1 Å². The molecule has 0 amide bonds. The van der Waals surface area contributed by atoms with Crippen LogP contribution in [0.5, 0.6) is 5.75 Å². The molecule has 2 heterocycles. The maximum Gasteiger partial charge on any atom is 0.337 e. The Kier molecular flexibility index (Phi) is 6.88. The summed E-state index contributed by atoms with van der Waals surface area (Å²) in [5.41, 5.74) is 3.03.